The Hall–Kier alpha value is -4.11. The van der Waals surface area contributed by atoms with Gasteiger partial charge in [-0.1, -0.05) is 43.7 Å². The molecule has 0 saturated carbocycles. The van der Waals surface area contributed by atoms with Gasteiger partial charge in [0.05, 0.1) is 23.9 Å². The third-order valence-corrected chi connectivity index (χ3v) is 6.34. The number of carbonyl (C=O) groups is 3. The van der Waals surface area contributed by atoms with Crippen LogP contribution in [-0.4, -0.2) is 31.6 Å². The molecular weight excluding hydrogens is 552 g/mol. The first-order valence-electron chi connectivity index (χ1n) is 12.1. The summed E-state index contributed by atoms with van der Waals surface area (Å²) < 4.78 is 17.7. The lowest BCUT2D eigenvalue weighted by Crippen LogP contribution is -2.54. The number of methoxy groups -OCH3 is 1. The Bertz CT molecular complexity index is 1360. The van der Waals surface area contributed by atoms with Crippen LogP contribution in [0.4, 0.5) is 10.5 Å². The molecule has 1 N–H and O–H groups in total. The zero-order valence-electron chi connectivity index (χ0n) is 21.0. The van der Waals surface area contributed by atoms with Crippen molar-refractivity contribution in [3.63, 3.8) is 0 Å². The van der Waals surface area contributed by atoms with E-state index in [1.165, 1.54) is 13.2 Å². The number of anilines is 1. The molecule has 3 aromatic carbocycles. The number of unbranched alkanes of at least 4 members (excludes halogenated alkanes) is 1. The molecule has 1 saturated heterocycles. The van der Waals surface area contributed by atoms with Crippen molar-refractivity contribution in [2.75, 3.05) is 18.6 Å². The van der Waals surface area contributed by atoms with E-state index in [-0.39, 0.29) is 5.57 Å². The molecule has 38 heavy (non-hydrogen) atoms. The minimum absolute atomic E-state index is 0.195. The van der Waals surface area contributed by atoms with E-state index in [0.29, 0.717) is 46.2 Å². The number of imide groups is 2. The quantitative estimate of drug-likeness (QED) is 0.183. The number of barbiturate groups is 1. The maximum absolute atomic E-state index is 13.3. The first kappa shape index (κ1) is 26.9. The van der Waals surface area contributed by atoms with Gasteiger partial charge in [-0.3, -0.25) is 14.9 Å². The third-order valence-electron chi connectivity index (χ3n) is 5.75. The Labute approximate surface area is 229 Å². The Kier molecular flexibility index (Phi) is 8.81. The number of carbonyl (C=O) groups excluding carboxylic acids is 3. The lowest BCUT2D eigenvalue weighted by Gasteiger charge is -2.26. The number of hydrogen-bond acceptors (Lipinski definition) is 6. The molecule has 0 atom stereocenters. The van der Waals surface area contributed by atoms with Crippen molar-refractivity contribution in [3.05, 3.63) is 87.9 Å². The molecule has 4 amide bonds. The molecule has 9 heteroatoms. The smallest absolute Gasteiger partial charge is 0.335 e. The third kappa shape index (κ3) is 6.23. The van der Waals surface area contributed by atoms with Gasteiger partial charge in [0.1, 0.15) is 17.9 Å². The van der Waals surface area contributed by atoms with Gasteiger partial charge in [0.2, 0.25) is 0 Å². The molecule has 1 aliphatic heterocycles. The van der Waals surface area contributed by atoms with Crippen molar-refractivity contribution in [3.8, 4) is 17.2 Å². The summed E-state index contributed by atoms with van der Waals surface area (Å²) in [6.07, 6.45) is 3.34. The monoisotopic (exact) mass is 578 g/mol. The number of hydrogen-bond donors (Lipinski definition) is 1. The molecule has 8 nitrogen and oxygen atoms in total. The molecule has 0 unspecified atom stereocenters. The van der Waals surface area contributed by atoms with Crippen LogP contribution in [0.1, 0.15) is 30.9 Å². The molecule has 196 valence electrons. The number of nitrogens with one attached hydrogen (secondary N) is 1. The second-order valence-electron chi connectivity index (χ2n) is 8.46. The first-order chi connectivity index (χ1) is 18.4. The molecular formula is C29H27BrN2O6. The van der Waals surface area contributed by atoms with Gasteiger partial charge in [0.25, 0.3) is 11.8 Å². The van der Waals surface area contributed by atoms with Gasteiger partial charge < -0.3 is 14.2 Å². The van der Waals surface area contributed by atoms with Crippen LogP contribution < -0.4 is 24.4 Å². The molecule has 1 fully saturated rings. The van der Waals surface area contributed by atoms with Gasteiger partial charge in [-0.15, -0.1) is 0 Å². The second-order valence-corrected chi connectivity index (χ2v) is 9.32. The Balaban J connectivity index is 1.57. The van der Waals surface area contributed by atoms with E-state index in [4.69, 9.17) is 14.2 Å². The van der Waals surface area contributed by atoms with E-state index in [9.17, 15) is 14.4 Å². The topological polar surface area (TPSA) is 94.2 Å². The van der Waals surface area contributed by atoms with Gasteiger partial charge in [-0.25, -0.2) is 9.69 Å². The summed E-state index contributed by atoms with van der Waals surface area (Å²) in [5.74, 6) is 0.00646. The summed E-state index contributed by atoms with van der Waals surface area (Å²) in [5.41, 5.74) is 1.62. The van der Waals surface area contributed by atoms with Gasteiger partial charge >= 0.3 is 6.03 Å². The largest absolute Gasteiger partial charge is 0.494 e. The highest BCUT2D eigenvalue weighted by Crippen LogP contribution is 2.38. The highest BCUT2D eigenvalue weighted by Gasteiger charge is 2.37. The van der Waals surface area contributed by atoms with E-state index in [1.807, 2.05) is 30.3 Å². The van der Waals surface area contributed by atoms with E-state index < -0.39 is 17.8 Å². The molecule has 3 aromatic rings. The van der Waals surface area contributed by atoms with Gasteiger partial charge in [-0.2, -0.15) is 0 Å². The van der Waals surface area contributed by atoms with E-state index in [1.54, 1.807) is 36.4 Å². The summed E-state index contributed by atoms with van der Waals surface area (Å²) >= 11 is 3.50. The predicted octanol–water partition coefficient (Wildman–Crippen LogP) is 5.88. The highest BCUT2D eigenvalue weighted by atomic mass is 79.9. The fraction of sp³-hybridized carbons (Fsp3) is 0.207. The van der Waals surface area contributed by atoms with Crippen molar-refractivity contribution < 1.29 is 28.6 Å². The SMILES string of the molecule is CCCCOc1ccc(N2C(=O)NC(=O)/C(=C/c3cc(Br)c(OCc4ccccc4)c(OC)c3)C2=O)cc1. The number of amides is 4. The molecule has 0 radical (unpaired) electrons. The minimum atomic E-state index is -0.819. The van der Waals surface area contributed by atoms with Gasteiger partial charge in [0.15, 0.2) is 11.5 Å². The zero-order valence-corrected chi connectivity index (χ0v) is 22.6. The maximum atomic E-state index is 13.3. The number of nitrogens with zero attached hydrogens (tertiary/aromatic N) is 1. The van der Waals surface area contributed by atoms with Crippen molar-refractivity contribution in [1.82, 2.24) is 5.32 Å². The van der Waals surface area contributed by atoms with Crippen molar-refractivity contribution >= 4 is 45.5 Å². The Morgan fingerprint density at radius 2 is 1.71 bits per heavy atom. The minimum Gasteiger partial charge on any atom is -0.494 e. The molecule has 0 aromatic heterocycles. The number of urea groups is 1. The zero-order chi connectivity index (χ0) is 27.1. The normalized spacial score (nSPS) is 14.4. The fourth-order valence-electron chi connectivity index (χ4n) is 3.78. The average Bonchev–Trinajstić information content (AvgIpc) is 2.91. The van der Waals surface area contributed by atoms with Crippen LogP contribution in [-0.2, 0) is 16.2 Å². The summed E-state index contributed by atoms with van der Waals surface area (Å²) in [6.45, 7) is 2.98. The molecule has 0 spiro atoms. The van der Waals surface area contributed by atoms with E-state index >= 15 is 0 Å². The number of benzene rings is 3. The number of halogens is 1. The maximum Gasteiger partial charge on any atom is 0.335 e. The van der Waals surface area contributed by atoms with Crippen molar-refractivity contribution in [2.45, 2.75) is 26.4 Å². The molecule has 1 aliphatic rings. The molecule has 0 aliphatic carbocycles. The lowest BCUT2D eigenvalue weighted by molar-refractivity contribution is -0.122. The molecule has 4 rings (SSSR count). The lowest BCUT2D eigenvalue weighted by atomic mass is 10.1. The van der Waals surface area contributed by atoms with E-state index in [2.05, 4.69) is 28.2 Å². The van der Waals surface area contributed by atoms with Crippen molar-refractivity contribution in [1.29, 1.82) is 0 Å². The van der Waals surface area contributed by atoms with Crippen LogP contribution in [0, 0.1) is 0 Å². The summed E-state index contributed by atoms with van der Waals surface area (Å²) in [5, 5.41) is 2.24. The van der Waals surface area contributed by atoms with Crippen LogP contribution >= 0.6 is 15.9 Å². The Morgan fingerprint density at radius 3 is 2.39 bits per heavy atom. The molecule has 0 bridgehead atoms. The van der Waals surface area contributed by atoms with Crippen LogP contribution in [0.15, 0.2) is 76.8 Å². The average molecular weight is 579 g/mol. The van der Waals surface area contributed by atoms with Crippen LogP contribution in [0.25, 0.3) is 6.08 Å². The van der Waals surface area contributed by atoms with Crippen LogP contribution in [0.5, 0.6) is 17.2 Å². The number of rotatable bonds is 10. The second kappa shape index (κ2) is 12.4. The first-order valence-corrected chi connectivity index (χ1v) is 12.9. The summed E-state index contributed by atoms with van der Waals surface area (Å²) in [7, 11) is 1.50. The van der Waals surface area contributed by atoms with Crippen LogP contribution in [0.3, 0.4) is 0 Å². The number of ether oxygens (including phenoxy) is 3. The van der Waals surface area contributed by atoms with Gasteiger partial charge in [0, 0.05) is 0 Å². The highest BCUT2D eigenvalue weighted by molar-refractivity contribution is 9.10. The summed E-state index contributed by atoms with van der Waals surface area (Å²) in [4.78, 5) is 39.4. The van der Waals surface area contributed by atoms with Gasteiger partial charge in [-0.05, 0) is 76.0 Å². The fourth-order valence-corrected chi connectivity index (χ4v) is 4.35. The van der Waals surface area contributed by atoms with Crippen LogP contribution in [0.2, 0.25) is 0 Å². The standard InChI is InChI=1S/C29H27BrN2O6/c1-3-4-14-37-22-12-10-21(11-13-22)32-28(34)23(27(33)31-29(32)35)15-20-16-24(30)26(25(17-20)36-2)38-18-19-8-6-5-7-9-19/h5-13,15-17H,3-4,14,18H2,1-2H3,(H,31,33,35)/b23-15-. The summed E-state index contributed by atoms with van der Waals surface area (Å²) in [6, 6.07) is 18.8. The Morgan fingerprint density at radius 1 is 0.974 bits per heavy atom. The van der Waals surface area contributed by atoms with Crippen molar-refractivity contribution in [2.24, 2.45) is 0 Å². The van der Waals surface area contributed by atoms with E-state index in [0.717, 1.165) is 23.3 Å². The predicted molar refractivity (Wildman–Crippen MR) is 147 cm³/mol. The molecule has 1 heterocycles.